The molecule has 1 atom stereocenters. The van der Waals surface area contributed by atoms with E-state index in [0.717, 1.165) is 12.8 Å². The zero-order chi connectivity index (χ0) is 12.6. The predicted octanol–water partition coefficient (Wildman–Crippen LogP) is 1.17. The molecule has 96 valence electrons. The molecule has 0 aliphatic carbocycles. The van der Waals surface area contributed by atoms with Crippen molar-refractivity contribution in [3.63, 3.8) is 0 Å². The lowest BCUT2D eigenvalue weighted by Gasteiger charge is -2.26. The third kappa shape index (κ3) is 5.47. The molecule has 0 saturated heterocycles. The Morgan fingerprint density at radius 1 is 1.38 bits per heavy atom. The van der Waals surface area contributed by atoms with Crippen LogP contribution in [0.3, 0.4) is 0 Å². The molecule has 0 bridgehead atoms. The Labute approximate surface area is 98.6 Å². The average molecular weight is 230 g/mol. The van der Waals surface area contributed by atoms with Gasteiger partial charge in [-0.15, -0.1) is 0 Å². The summed E-state index contributed by atoms with van der Waals surface area (Å²) in [5.41, 5.74) is 4.93. The van der Waals surface area contributed by atoms with Crippen LogP contribution in [0.25, 0.3) is 0 Å². The first kappa shape index (κ1) is 15.4. The molecule has 0 saturated carbocycles. The second-order valence-corrected chi connectivity index (χ2v) is 4.40. The molecule has 0 heterocycles. The number of amides is 1. The molecule has 16 heavy (non-hydrogen) atoms. The molecule has 0 fully saturated rings. The van der Waals surface area contributed by atoms with Crippen molar-refractivity contribution in [3.8, 4) is 0 Å². The highest BCUT2D eigenvalue weighted by molar-refractivity contribution is 5.81. The zero-order valence-electron chi connectivity index (χ0n) is 10.8. The summed E-state index contributed by atoms with van der Waals surface area (Å²) in [7, 11) is 0. The van der Waals surface area contributed by atoms with Crippen molar-refractivity contribution >= 4 is 5.91 Å². The van der Waals surface area contributed by atoms with Gasteiger partial charge >= 0.3 is 0 Å². The number of nitrogens with one attached hydrogen (secondary N) is 1. The molecule has 0 spiro atoms. The molecule has 1 unspecified atom stereocenters. The standard InChI is InChI=1S/C12H26N2O2/c1-4-7-8-10(13)11(15)14-9-12(16,5-2)6-3/h10,16H,4-9,13H2,1-3H3,(H,14,15). The molecule has 0 aromatic carbocycles. The highest BCUT2D eigenvalue weighted by atomic mass is 16.3. The van der Waals surface area contributed by atoms with Crippen LogP contribution in [0, 0.1) is 0 Å². The quantitative estimate of drug-likeness (QED) is 0.586. The molecule has 0 radical (unpaired) electrons. The molecule has 0 rings (SSSR count). The number of nitrogens with two attached hydrogens (primary N) is 1. The third-order valence-corrected chi connectivity index (χ3v) is 3.11. The van der Waals surface area contributed by atoms with Crippen LogP contribution < -0.4 is 11.1 Å². The predicted molar refractivity (Wildman–Crippen MR) is 66.0 cm³/mol. The molecule has 4 nitrogen and oxygen atoms in total. The SMILES string of the molecule is CCCCC(N)C(=O)NCC(O)(CC)CC. The number of hydrogen-bond donors (Lipinski definition) is 3. The summed E-state index contributed by atoms with van der Waals surface area (Å²) in [5.74, 6) is -0.159. The van der Waals surface area contributed by atoms with Crippen molar-refractivity contribution in [1.82, 2.24) is 5.32 Å². The Morgan fingerprint density at radius 2 is 1.94 bits per heavy atom. The van der Waals surface area contributed by atoms with Gasteiger partial charge in [0.05, 0.1) is 11.6 Å². The number of hydrogen-bond acceptors (Lipinski definition) is 3. The Morgan fingerprint density at radius 3 is 2.38 bits per heavy atom. The molecule has 1 amide bonds. The van der Waals surface area contributed by atoms with Crippen LogP contribution in [0.2, 0.25) is 0 Å². The van der Waals surface area contributed by atoms with Gasteiger partial charge in [-0.3, -0.25) is 4.79 Å². The van der Waals surface area contributed by atoms with E-state index in [9.17, 15) is 9.90 Å². The van der Waals surface area contributed by atoms with Gasteiger partial charge in [0, 0.05) is 6.54 Å². The maximum atomic E-state index is 11.6. The van der Waals surface area contributed by atoms with Gasteiger partial charge in [-0.1, -0.05) is 33.6 Å². The fraction of sp³-hybridized carbons (Fsp3) is 0.917. The fourth-order valence-electron chi connectivity index (χ4n) is 1.44. The van der Waals surface area contributed by atoms with Crippen molar-refractivity contribution in [2.75, 3.05) is 6.54 Å². The summed E-state index contributed by atoms with van der Waals surface area (Å²) in [6.45, 7) is 6.18. The highest BCUT2D eigenvalue weighted by Gasteiger charge is 2.23. The Balaban J connectivity index is 3.96. The van der Waals surface area contributed by atoms with Gasteiger partial charge in [0.15, 0.2) is 0 Å². The molecule has 4 heteroatoms. The average Bonchev–Trinajstić information content (AvgIpc) is 2.32. The van der Waals surface area contributed by atoms with E-state index in [4.69, 9.17) is 5.73 Å². The lowest BCUT2D eigenvalue weighted by atomic mass is 9.97. The van der Waals surface area contributed by atoms with E-state index in [0.29, 0.717) is 25.8 Å². The minimum Gasteiger partial charge on any atom is -0.388 e. The van der Waals surface area contributed by atoms with Crippen molar-refractivity contribution in [2.45, 2.75) is 64.5 Å². The largest absolute Gasteiger partial charge is 0.388 e. The normalized spacial score (nSPS) is 13.6. The lowest BCUT2D eigenvalue weighted by molar-refractivity contribution is -0.123. The second-order valence-electron chi connectivity index (χ2n) is 4.40. The Bertz CT molecular complexity index is 203. The van der Waals surface area contributed by atoms with Crippen molar-refractivity contribution < 1.29 is 9.90 Å². The summed E-state index contributed by atoms with van der Waals surface area (Å²) in [5, 5.41) is 12.7. The molecule has 0 aromatic heterocycles. The van der Waals surface area contributed by atoms with Crippen molar-refractivity contribution in [2.24, 2.45) is 5.73 Å². The topological polar surface area (TPSA) is 75.4 Å². The van der Waals surface area contributed by atoms with E-state index >= 15 is 0 Å². The van der Waals surface area contributed by atoms with E-state index in [1.807, 2.05) is 13.8 Å². The summed E-state index contributed by atoms with van der Waals surface area (Å²) < 4.78 is 0. The minimum absolute atomic E-state index is 0.159. The van der Waals surface area contributed by atoms with Crippen LogP contribution in [0.5, 0.6) is 0 Å². The van der Waals surface area contributed by atoms with Gasteiger partial charge in [0.2, 0.25) is 5.91 Å². The van der Waals surface area contributed by atoms with Crippen LogP contribution in [-0.2, 0) is 4.79 Å². The minimum atomic E-state index is -0.792. The molecular formula is C12H26N2O2. The van der Waals surface area contributed by atoms with Crippen LogP contribution in [0.1, 0.15) is 52.9 Å². The smallest absolute Gasteiger partial charge is 0.237 e. The summed E-state index contributed by atoms with van der Waals surface area (Å²) in [4.78, 5) is 11.6. The van der Waals surface area contributed by atoms with Crippen LogP contribution in [0.4, 0.5) is 0 Å². The Hall–Kier alpha value is -0.610. The maximum Gasteiger partial charge on any atom is 0.237 e. The van der Waals surface area contributed by atoms with E-state index in [-0.39, 0.29) is 5.91 Å². The molecule has 0 aromatic rings. The second kappa shape index (κ2) is 7.63. The maximum absolute atomic E-state index is 11.6. The van der Waals surface area contributed by atoms with Gasteiger partial charge < -0.3 is 16.2 Å². The number of aliphatic hydroxyl groups is 1. The zero-order valence-corrected chi connectivity index (χ0v) is 10.8. The first-order valence-electron chi connectivity index (χ1n) is 6.24. The van der Waals surface area contributed by atoms with E-state index < -0.39 is 11.6 Å². The Kier molecular flexibility index (Phi) is 7.34. The van der Waals surface area contributed by atoms with E-state index in [1.54, 1.807) is 0 Å². The lowest BCUT2D eigenvalue weighted by Crippen LogP contribution is -2.47. The van der Waals surface area contributed by atoms with Crippen molar-refractivity contribution in [1.29, 1.82) is 0 Å². The molecule has 0 aliphatic heterocycles. The van der Waals surface area contributed by atoms with Gasteiger partial charge in [0.1, 0.15) is 0 Å². The number of rotatable bonds is 8. The van der Waals surface area contributed by atoms with Crippen LogP contribution in [0.15, 0.2) is 0 Å². The van der Waals surface area contributed by atoms with Crippen molar-refractivity contribution in [3.05, 3.63) is 0 Å². The number of unbranched alkanes of at least 4 members (excludes halogenated alkanes) is 1. The van der Waals surface area contributed by atoms with Gasteiger partial charge in [0.25, 0.3) is 0 Å². The monoisotopic (exact) mass is 230 g/mol. The first-order valence-corrected chi connectivity index (χ1v) is 6.24. The molecule has 4 N–H and O–H groups in total. The molecular weight excluding hydrogens is 204 g/mol. The molecule has 0 aliphatic rings. The number of carbonyl (C=O) groups excluding carboxylic acids is 1. The third-order valence-electron chi connectivity index (χ3n) is 3.11. The summed E-state index contributed by atoms with van der Waals surface area (Å²) in [6, 6.07) is -0.446. The van der Waals surface area contributed by atoms with Crippen LogP contribution in [-0.4, -0.2) is 29.2 Å². The first-order chi connectivity index (χ1) is 7.49. The number of carbonyl (C=O) groups is 1. The van der Waals surface area contributed by atoms with Gasteiger partial charge in [-0.05, 0) is 19.3 Å². The van der Waals surface area contributed by atoms with E-state index in [1.165, 1.54) is 0 Å². The van der Waals surface area contributed by atoms with Gasteiger partial charge in [-0.2, -0.15) is 0 Å². The van der Waals surface area contributed by atoms with E-state index in [2.05, 4.69) is 12.2 Å². The van der Waals surface area contributed by atoms with Gasteiger partial charge in [-0.25, -0.2) is 0 Å². The summed E-state index contributed by atoms with van der Waals surface area (Å²) >= 11 is 0. The highest BCUT2D eigenvalue weighted by Crippen LogP contribution is 2.12. The summed E-state index contributed by atoms with van der Waals surface area (Å²) in [6.07, 6.45) is 3.97. The van der Waals surface area contributed by atoms with Crippen LogP contribution >= 0.6 is 0 Å². The fourth-order valence-corrected chi connectivity index (χ4v) is 1.44.